The predicted molar refractivity (Wildman–Crippen MR) is 165 cm³/mol. The van der Waals surface area contributed by atoms with Crippen LogP contribution in [0.4, 0.5) is 5.69 Å². The molecule has 0 saturated heterocycles. The molecule has 0 heterocycles. The summed E-state index contributed by atoms with van der Waals surface area (Å²) < 4.78 is 27.0. The number of rotatable bonds is 11. The first-order valence-corrected chi connectivity index (χ1v) is 16.2. The molecule has 2 amide bonds. The van der Waals surface area contributed by atoms with Crippen LogP contribution in [0.25, 0.3) is 0 Å². The van der Waals surface area contributed by atoms with E-state index in [2.05, 4.69) is 5.32 Å². The molecule has 0 aliphatic heterocycles. The third-order valence-electron chi connectivity index (χ3n) is 7.43. The molecule has 41 heavy (non-hydrogen) atoms. The van der Waals surface area contributed by atoms with Crippen LogP contribution >= 0.6 is 23.2 Å². The Hall–Kier alpha value is -3.07. The first-order chi connectivity index (χ1) is 19.5. The Morgan fingerprint density at radius 2 is 1.59 bits per heavy atom. The fraction of sp³-hybridized carbons (Fsp3) is 0.355. The van der Waals surface area contributed by atoms with Gasteiger partial charge in [0.2, 0.25) is 21.8 Å². The highest BCUT2D eigenvalue weighted by atomic mass is 35.5. The second-order valence-corrected chi connectivity index (χ2v) is 13.2. The normalized spacial score (nSPS) is 14.4. The Kier molecular flexibility index (Phi) is 10.3. The van der Waals surface area contributed by atoms with Crippen molar-refractivity contribution in [2.75, 3.05) is 17.1 Å². The maximum atomic E-state index is 14.2. The molecule has 10 heteroatoms. The summed E-state index contributed by atoms with van der Waals surface area (Å²) >= 11 is 12.4. The van der Waals surface area contributed by atoms with Crippen molar-refractivity contribution in [3.63, 3.8) is 0 Å². The van der Waals surface area contributed by atoms with Gasteiger partial charge in [-0.25, -0.2) is 8.42 Å². The van der Waals surface area contributed by atoms with Crippen LogP contribution in [0.3, 0.4) is 0 Å². The van der Waals surface area contributed by atoms with Gasteiger partial charge in [0, 0.05) is 29.1 Å². The van der Waals surface area contributed by atoms with E-state index in [0.717, 1.165) is 47.4 Å². The number of amides is 2. The van der Waals surface area contributed by atoms with E-state index < -0.39 is 28.5 Å². The van der Waals surface area contributed by atoms with Gasteiger partial charge in [-0.3, -0.25) is 13.9 Å². The number of anilines is 1. The van der Waals surface area contributed by atoms with E-state index in [9.17, 15) is 18.0 Å². The predicted octanol–water partition coefficient (Wildman–Crippen LogP) is 5.77. The summed E-state index contributed by atoms with van der Waals surface area (Å²) in [6.45, 7) is 1.31. The van der Waals surface area contributed by atoms with Crippen molar-refractivity contribution in [2.24, 2.45) is 0 Å². The van der Waals surface area contributed by atoms with Crippen LogP contribution in [0.2, 0.25) is 10.0 Å². The summed E-state index contributed by atoms with van der Waals surface area (Å²) in [5.41, 5.74) is 2.50. The van der Waals surface area contributed by atoms with Gasteiger partial charge in [0.15, 0.2) is 0 Å². The van der Waals surface area contributed by atoms with Gasteiger partial charge in [-0.05, 0) is 60.7 Å². The van der Waals surface area contributed by atoms with Gasteiger partial charge >= 0.3 is 0 Å². The number of carbonyl (C=O) groups excluding carboxylic acids is 2. The van der Waals surface area contributed by atoms with Gasteiger partial charge in [0.05, 0.1) is 11.9 Å². The molecule has 0 aromatic heterocycles. The smallest absolute Gasteiger partial charge is 0.244 e. The van der Waals surface area contributed by atoms with Gasteiger partial charge in [-0.1, -0.05) is 84.6 Å². The van der Waals surface area contributed by atoms with Crippen LogP contribution in [0, 0.1) is 6.92 Å². The summed E-state index contributed by atoms with van der Waals surface area (Å²) in [6.07, 6.45) is 5.20. The molecule has 1 fully saturated rings. The van der Waals surface area contributed by atoms with Gasteiger partial charge in [0.1, 0.15) is 12.6 Å². The van der Waals surface area contributed by atoms with E-state index in [-0.39, 0.29) is 24.9 Å². The molecule has 3 aromatic rings. The second kappa shape index (κ2) is 13.7. The Balaban J connectivity index is 1.74. The average Bonchev–Trinajstić information content (AvgIpc) is 3.45. The van der Waals surface area contributed by atoms with Crippen LogP contribution in [-0.2, 0) is 32.6 Å². The van der Waals surface area contributed by atoms with Gasteiger partial charge < -0.3 is 10.2 Å². The summed E-state index contributed by atoms with van der Waals surface area (Å²) in [4.78, 5) is 29.5. The average molecular weight is 617 g/mol. The van der Waals surface area contributed by atoms with Crippen LogP contribution in [0.1, 0.15) is 42.4 Å². The standard InChI is InChI=1S/C31H35Cl2N3O4S/c1-22-27(33)13-8-14-28(22)36(41(2,39)40)21-30(37)35(20-24-15-17-25(32)18-16-24)29(19-23-9-4-3-5-10-23)31(38)34-26-11-6-7-12-26/h3-5,8-10,13-18,26,29H,6-7,11-12,19-21H2,1-2H3,(H,34,38)/t29-/m0/s1. The molecule has 0 radical (unpaired) electrons. The molecular formula is C31H35Cl2N3O4S. The number of nitrogens with zero attached hydrogens (tertiary/aromatic N) is 2. The van der Waals surface area contributed by atoms with E-state index >= 15 is 0 Å². The quantitative estimate of drug-likeness (QED) is 0.297. The molecule has 0 unspecified atom stereocenters. The number of sulfonamides is 1. The molecule has 1 N–H and O–H groups in total. The van der Waals surface area contributed by atoms with Crippen molar-refractivity contribution in [1.82, 2.24) is 10.2 Å². The van der Waals surface area contributed by atoms with E-state index in [1.807, 2.05) is 30.3 Å². The summed E-state index contributed by atoms with van der Waals surface area (Å²) in [7, 11) is -3.88. The van der Waals surface area contributed by atoms with E-state index in [0.29, 0.717) is 21.3 Å². The first kappa shape index (κ1) is 30.9. The Morgan fingerprint density at radius 1 is 0.927 bits per heavy atom. The van der Waals surface area contributed by atoms with E-state index in [1.165, 1.54) is 4.90 Å². The molecule has 0 bridgehead atoms. The SMILES string of the molecule is Cc1c(Cl)cccc1N(CC(=O)N(Cc1ccc(Cl)cc1)[C@@H](Cc1ccccc1)C(=O)NC1CCCC1)S(C)(=O)=O. The second-order valence-electron chi connectivity index (χ2n) is 10.5. The number of nitrogens with one attached hydrogen (secondary N) is 1. The molecule has 1 aliphatic rings. The number of halogens is 2. The van der Waals surface area contributed by atoms with Crippen molar-refractivity contribution < 1.29 is 18.0 Å². The van der Waals surface area contributed by atoms with Crippen molar-refractivity contribution in [3.8, 4) is 0 Å². The van der Waals surface area contributed by atoms with Crippen molar-refractivity contribution in [2.45, 2.75) is 57.7 Å². The highest BCUT2D eigenvalue weighted by Gasteiger charge is 2.34. The first-order valence-electron chi connectivity index (χ1n) is 13.6. The molecule has 1 aliphatic carbocycles. The lowest BCUT2D eigenvalue weighted by molar-refractivity contribution is -0.140. The lowest BCUT2D eigenvalue weighted by Crippen LogP contribution is -2.54. The Bertz CT molecular complexity index is 1460. The lowest BCUT2D eigenvalue weighted by Gasteiger charge is -2.34. The van der Waals surface area contributed by atoms with Crippen molar-refractivity contribution >= 4 is 50.7 Å². The number of benzene rings is 3. The summed E-state index contributed by atoms with van der Waals surface area (Å²) in [5.74, 6) is -0.764. The zero-order valence-corrected chi connectivity index (χ0v) is 25.6. The van der Waals surface area contributed by atoms with Gasteiger partial charge in [-0.15, -0.1) is 0 Å². The van der Waals surface area contributed by atoms with Crippen LogP contribution < -0.4 is 9.62 Å². The summed E-state index contributed by atoms with van der Waals surface area (Å²) in [6, 6.07) is 20.7. The van der Waals surface area contributed by atoms with Crippen molar-refractivity contribution in [3.05, 3.63) is 99.5 Å². The summed E-state index contributed by atoms with van der Waals surface area (Å²) in [5, 5.41) is 4.09. The third-order valence-corrected chi connectivity index (χ3v) is 9.21. The third kappa shape index (κ3) is 8.24. The zero-order chi connectivity index (χ0) is 29.6. The molecule has 218 valence electrons. The van der Waals surface area contributed by atoms with Crippen LogP contribution in [-0.4, -0.2) is 50.0 Å². The molecular weight excluding hydrogens is 581 g/mol. The molecule has 7 nitrogen and oxygen atoms in total. The fourth-order valence-corrected chi connectivity index (χ4v) is 6.36. The van der Waals surface area contributed by atoms with Crippen LogP contribution in [0.5, 0.6) is 0 Å². The maximum absolute atomic E-state index is 14.2. The van der Waals surface area contributed by atoms with Gasteiger partial charge in [-0.2, -0.15) is 0 Å². The molecule has 0 spiro atoms. The monoisotopic (exact) mass is 615 g/mol. The van der Waals surface area contributed by atoms with E-state index in [4.69, 9.17) is 23.2 Å². The maximum Gasteiger partial charge on any atom is 0.244 e. The highest BCUT2D eigenvalue weighted by Crippen LogP contribution is 2.29. The minimum atomic E-state index is -3.88. The Morgan fingerprint density at radius 3 is 2.22 bits per heavy atom. The molecule has 1 saturated carbocycles. The number of hydrogen-bond acceptors (Lipinski definition) is 4. The van der Waals surface area contributed by atoms with Crippen LogP contribution in [0.15, 0.2) is 72.8 Å². The van der Waals surface area contributed by atoms with E-state index in [1.54, 1.807) is 49.4 Å². The molecule has 4 rings (SSSR count). The number of carbonyl (C=O) groups is 2. The highest BCUT2D eigenvalue weighted by molar-refractivity contribution is 7.92. The van der Waals surface area contributed by atoms with Gasteiger partial charge in [0.25, 0.3) is 0 Å². The molecule has 1 atom stereocenters. The number of hydrogen-bond donors (Lipinski definition) is 1. The topological polar surface area (TPSA) is 86.8 Å². The Labute approximate surface area is 252 Å². The van der Waals surface area contributed by atoms with Crippen molar-refractivity contribution in [1.29, 1.82) is 0 Å². The fourth-order valence-electron chi connectivity index (χ4n) is 5.17. The molecule has 3 aromatic carbocycles. The zero-order valence-electron chi connectivity index (χ0n) is 23.2. The minimum Gasteiger partial charge on any atom is -0.352 e. The minimum absolute atomic E-state index is 0.0508. The largest absolute Gasteiger partial charge is 0.352 e. The lowest BCUT2D eigenvalue weighted by atomic mass is 10.0.